The summed E-state index contributed by atoms with van der Waals surface area (Å²) in [5.74, 6) is 0.382. The van der Waals surface area contributed by atoms with Crippen LogP contribution in [-0.2, 0) is 4.57 Å². The molecule has 0 heterocycles. The molecule has 1 aliphatic rings. The monoisotopic (exact) mass is 277 g/mol. The van der Waals surface area contributed by atoms with Gasteiger partial charge in [0.05, 0.1) is 0 Å². The standard InChI is InChI=1S/C16H22O2P/c1-12(2)13-9-10-16(3,17)15(11-13)19(18)14-7-5-4-6-8-14/h4-8,13,15,17H,1,9-11H2,2-3H3/q+1/t13-,15+,16+/m1/s1. The third-order valence-corrected chi connectivity index (χ3v) is 6.36. The van der Waals surface area contributed by atoms with E-state index >= 15 is 0 Å². The smallest absolute Gasteiger partial charge is 0.383 e. The molecule has 19 heavy (non-hydrogen) atoms. The van der Waals surface area contributed by atoms with Crippen LogP contribution in [-0.4, -0.2) is 16.4 Å². The number of allylic oxidation sites excluding steroid dienone is 1. The third kappa shape index (κ3) is 3.13. The fourth-order valence-electron chi connectivity index (χ4n) is 2.83. The lowest BCUT2D eigenvalue weighted by atomic mass is 9.77. The van der Waals surface area contributed by atoms with Gasteiger partial charge in [0.25, 0.3) is 0 Å². The molecule has 1 aromatic rings. The number of hydrogen-bond acceptors (Lipinski definition) is 2. The average Bonchev–Trinajstić information content (AvgIpc) is 2.38. The van der Waals surface area contributed by atoms with Gasteiger partial charge in [-0.2, -0.15) is 0 Å². The quantitative estimate of drug-likeness (QED) is 0.676. The largest absolute Gasteiger partial charge is 0.385 e. The molecule has 102 valence electrons. The van der Waals surface area contributed by atoms with Crippen LogP contribution in [0.2, 0.25) is 0 Å². The Balaban J connectivity index is 2.24. The van der Waals surface area contributed by atoms with Crippen LogP contribution >= 0.6 is 7.80 Å². The van der Waals surface area contributed by atoms with Gasteiger partial charge in [0.2, 0.25) is 0 Å². The first-order valence-electron chi connectivity index (χ1n) is 6.81. The van der Waals surface area contributed by atoms with Gasteiger partial charge in [-0.15, -0.1) is 0 Å². The normalized spacial score (nSPS) is 31.8. The number of hydrogen-bond donors (Lipinski definition) is 1. The zero-order valence-electron chi connectivity index (χ0n) is 11.7. The highest BCUT2D eigenvalue weighted by atomic mass is 31.1. The van der Waals surface area contributed by atoms with Crippen molar-refractivity contribution in [2.24, 2.45) is 5.92 Å². The van der Waals surface area contributed by atoms with Crippen LogP contribution in [0.4, 0.5) is 0 Å². The second-order valence-electron chi connectivity index (χ2n) is 5.85. The van der Waals surface area contributed by atoms with Crippen molar-refractivity contribution in [3.8, 4) is 0 Å². The molecular formula is C16H22O2P+. The molecule has 0 aliphatic heterocycles. The van der Waals surface area contributed by atoms with Crippen molar-refractivity contribution in [3.63, 3.8) is 0 Å². The topological polar surface area (TPSA) is 37.3 Å². The Bertz CT molecular complexity index is 479. The van der Waals surface area contributed by atoms with Crippen LogP contribution in [0, 0.1) is 5.92 Å². The molecule has 2 rings (SSSR count). The predicted molar refractivity (Wildman–Crippen MR) is 80.2 cm³/mol. The second kappa shape index (κ2) is 5.56. The lowest BCUT2D eigenvalue weighted by Gasteiger charge is -2.35. The summed E-state index contributed by atoms with van der Waals surface area (Å²) in [6.45, 7) is 7.86. The van der Waals surface area contributed by atoms with Crippen LogP contribution < -0.4 is 5.30 Å². The molecule has 1 saturated carbocycles. The molecule has 0 saturated heterocycles. The van der Waals surface area contributed by atoms with Crippen LogP contribution in [0.5, 0.6) is 0 Å². The highest BCUT2D eigenvalue weighted by Crippen LogP contribution is 2.46. The number of benzene rings is 1. The summed E-state index contributed by atoms with van der Waals surface area (Å²) in [6.07, 6.45) is 2.41. The van der Waals surface area contributed by atoms with Crippen LogP contribution in [0.1, 0.15) is 33.1 Å². The third-order valence-electron chi connectivity index (χ3n) is 4.22. The van der Waals surface area contributed by atoms with Crippen molar-refractivity contribution in [2.75, 3.05) is 0 Å². The summed E-state index contributed by atoms with van der Waals surface area (Å²) < 4.78 is 12.7. The highest BCUT2D eigenvalue weighted by molar-refractivity contribution is 7.54. The van der Waals surface area contributed by atoms with Crippen molar-refractivity contribution in [3.05, 3.63) is 42.5 Å². The first kappa shape index (κ1) is 14.4. The summed E-state index contributed by atoms with van der Waals surface area (Å²) in [5.41, 5.74) is 0.118. The summed E-state index contributed by atoms with van der Waals surface area (Å²) >= 11 is 0. The summed E-state index contributed by atoms with van der Waals surface area (Å²) in [4.78, 5) is 0. The molecule has 1 unspecified atom stereocenters. The van der Waals surface area contributed by atoms with Crippen LogP contribution in [0.3, 0.4) is 0 Å². The van der Waals surface area contributed by atoms with Gasteiger partial charge >= 0.3 is 7.80 Å². The molecule has 1 aromatic carbocycles. The average molecular weight is 277 g/mol. The Morgan fingerprint density at radius 3 is 2.63 bits per heavy atom. The van der Waals surface area contributed by atoms with E-state index in [9.17, 15) is 9.67 Å². The van der Waals surface area contributed by atoms with Gasteiger partial charge in [-0.1, -0.05) is 34.9 Å². The Hall–Kier alpha value is -0.980. The Morgan fingerprint density at radius 1 is 1.42 bits per heavy atom. The van der Waals surface area contributed by atoms with Gasteiger partial charge in [0.15, 0.2) is 11.0 Å². The minimum Gasteiger partial charge on any atom is -0.385 e. The SMILES string of the molecule is C=C(C)[C@@H]1CC[C@](C)(O)[C@@H]([P+](=O)c2ccccc2)C1. The molecule has 4 atom stereocenters. The van der Waals surface area contributed by atoms with E-state index in [0.717, 1.165) is 23.7 Å². The molecule has 0 amide bonds. The molecule has 0 radical (unpaired) electrons. The van der Waals surface area contributed by atoms with E-state index in [1.165, 1.54) is 0 Å². The minimum atomic E-state index is -1.57. The van der Waals surface area contributed by atoms with Gasteiger partial charge in [-0.25, -0.2) is 0 Å². The Labute approximate surface area is 116 Å². The summed E-state index contributed by atoms with van der Waals surface area (Å²) in [7, 11) is -1.57. The predicted octanol–water partition coefficient (Wildman–Crippen LogP) is 3.64. The van der Waals surface area contributed by atoms with E-state index in [-0.39, 0.29) is 5.66 Å². The zero-order chi connectivity index (χ0) is 14.0. The number of aliphatic hydroxyl groups is 1. The fourth-order valence-corrected chi connectivity index (χ4v) is 4.73. The molecule has 0 bridgehead atoms. The van der Waals surface area contributed by atoms with Gasteiger partial charge in [-0.3, -0.25) is 0 Å². The second-order valence-corrected chi connectivity index (χ2v) is 7.64. The van der Waals surface area contributed by atoms with Gasteiger partial charge in [0, 0.05) is 6.42 Å². The Kier molecular flexibility index (Phi) is 4.23. The molecule has 3 heteroatoms. The van der Waals surface area contributed by atoms with E-state index in [2.05, 4.69) is 6.58 Å². The number of rotatable bonds is 3. The van der Waals surface area contributed by atoms with E-state index in [0.29, 0.717) is 12.3 Å². The molecule has 1 N–H and O–H groups in total. The maximum atomic E-state index is 12.7. The van der Waals surface area contributed by atoms with E-state index in [1.807, 2.05) is 44.2 Å². The molecule has 2 nitrogen and oxygen atoms in total. The summed E-state index contributed by atoms with van der Waals surface area (Å²) in [6, 6.07) is 9.49. The lowest BCUT2D eigenvalue weighted by Crippen LogP contribution is -2.43. The van der Waals surface area contributed by atoms with Gasteiger partial charge in [0.1, 0.15) is 5.60 Å². The molecule has 1 aliphatic carbocycles. The molecule has 0 aromatic heterocycles. The van der Waals surface area contributed by atoms with E-state index in [4.69, 9.17) is 0 Å². The first-order chi connectivity index (χ1) is 8.92. The van der Waals surface area contributed by atoms with Crippen molar-refractivity contribution in [2.45, 2.75) is 44.4 Å². The minimum absolute atomic E-state index is 0.180. The summed E-state index contributed by atoms with van der Waals surface area (Å²) in [5, 5.41) is 11.4. The van der Waals surface area contributed by atoms with Crippen LogP contribution in [0.15, 0.2) is 42.5 Å². The van der Waals surface area contributed by atoms with Crippen LogP contribution in [0.25, 0.3) is 0 Å². The maximum absolute atomic E-state index is 12.7. The first-order valence-corrected chi connectivity index (χ1v) is 8.14. The van der Waals surface area contributed by atoms with Crippen molar-refractivity contribution < 1.29 is 9.67 Å². The molecule has 0 spiro atoms. The van der Waals surface area contributed by atoms with Gasteiger partial charge < -0.3 is 5.11 Å². The van der Waals surface area contributed by atoms with Crippen molar-refractivity contribution in [1.82, 2.24) is 0 Å². The zero-order valence-corrected chi connectivity index (χ0v) is 12.6. The lowest BCUT2D eigenvalue weighted by molar-refractivity contribution is 0.0172. The van der Waals surface area contributed by atoms with E-state index in [1.54, 1.807) is 0 Å². The van der Waals surface area contributed by atoms with Gasteiger partial charge in [-0.05, 0) is 44.7 Å². The fraction of sp³-hybridized carbons (Fsp3) is 0.500. The van der Waals surface area contributed by atoms with E-state index < -0.39 is 13.4 Å². The highest BCUT2D eigenvalue weighted by Gasteiger charge is 2.50. The maximum Gasteiger partial charge on any atom is 0.383 e. The Morgan fingerprint density at radius 2 is 2.05 bits per heavy atom. The van der Waals surface area contributed by atoms with Crippen molar-refractivity contribution in [1.29, 1.82) is 0 Å². The van der Waals surface area contributed by atoms with Crippen molar-refractivity contribution >= 4 is 13.1 Å². The molecule has 1 fully saturated rings. The molecular weight excluding hydrogens is 255 g/mol.